The van der Waals surface area contributed by atoms with Crippen LogP contribution in [0.4, 0.5) is 0 Å². The van der Waals surface area contributed by atoms with Crippen molar-refractivity contribution in [1.29, 1.82) is 0 Å². The van der Waals surface area contributed by atoms with Gasteiger partial charge in [0.1, 0.15) is 11.5 Å². The predicted octanol–water partition coefficient (Wildman–Crippen LogP) is 2.28. The smallest absolute Gasteiger partial charge is 0.258 e. The van der Waals surface area contributed by atoms with Crippen molar-refractivity contribution in [3.8, 4) is 11.5 Å². The molecule has 136 valence electrons. The standard InChI is InChI=1S/C20H22N2O4/c1-25-17-9-5-14(6-10-17)12-21-19(23)13-26-18-4-2-3-15(11-18)20(24)22-16-7-8-16/h2-6,9-11,16H,7-8,12-13H2,1H3,(H,21,23)(H,22,24). The minimum absolute atomic E-state index is 0.107. The molecule has 0 bridgehead atoms. The van der Waals surface area contributed by atoms with Crippen molar-refractivity contribution in [3.05, 3.63) is 59.7 Å². The van der Waals surface area contributed by atoms with Gasteiger partial charge in [0.2, 0.25) is 0 Å². The lowest BCUT2D eigenvalue weighted by atomic mass is 10.2. The fraction of sp³-hybridized carbons (Fsp3) is 0.300. The molecule has 1 aliphatic rings. The van der Waals surface area contributed by atoms with Gasteiger partial charge in [-0.25, -0.2) is 0 Å². The maximum Gasteiger partial charge on any atom is 0.258 e. The first-order valence-corrected chi connectivity index (χ1v) is 8.57. The second-order valence-electron chi connectivity index (χ2n) is 6.19. The maximum absolute atomic E-state index is 12.0. The second-order valence-corrected chi connectivity index (χ2v) is 6.19. The summed E-state index contributed by atoms with van der Waals surface area (Å²) in [5.41, 5.74) is 1.51. The molecule has 1 fully saturated rings. The third kappa shape index (κ3) is 5.24. The summed E-state index contributed by atoms with van der Waals surface area (Å²) in [7, 11) is 1.61. The Morgan fingerprint density at radius 3 is 2.54 bits per heavy atom. The molecule has 1 aliphatic carbocycles. The van der Waals surface area contributed by atoms with Gasteiger partial charge in [-0.3, -0.25) is 9.59 Å². The van der Waals surface area contributed by atoms with Crippen molar-refractivity contribution in [2.45, 2.75) is 25.4 Å². The molecule has 2 N–H and O–H groups in total. The van der Waals surface area contributed by atoms with Crippen molar-refractivity contribution in [1.82, 2.24) is 10.6 Å². The molecule has 0 atom stereocenters. The highest BCUT2D eigenvalue weighted by Gasteiger charge is 2.23. The molecule has 2 aromatic carbocycles. The molecule has 2 aromatic rings. The van der Waals surface area contributed by atoms with E-state index in [4.69, 9.17) is 9.47 Å². The molecule has 0 aromatic heterocycles. The molecular weight excluding hydrogens is 332 g/mol. The van der Waals surface area contributed by atoms with Crippen LogP contribution in [0.3, 0.4) is 0 Å². The minimum atomic E-state index is -0.228. The summed E-state index contributed by atoms with van der Waals surface area (Å²) in [6.45, 7) is 0.305. The molecule has 0 aliphatic heterocycles. The molecule has 6 heteroatoms. The normalized spacial score (nSPS) is 13.0. The van der Waals surface area contributed by atoms with Crippen LogP contribution in [0, 0.1) is 0 Å². The first-order valence-electron chi connectivity index (χ1n) is 8.57. The Morgan fingerprint density at radius 2 is 1.85 bits per heavy atom. The summed E-state index contributed by atoms with van der Waals surface area (Å²) >= 11 is 0. The number of ether oxygens (including phenoxy) is 2. The van der Waals surface area contributed by atoms with Crippen LogP contribution in [-0.2, 0) is 11.3 Å². The zero-order valence-electron chi connectivity index (χ0n) is 14.7. The maximum atomic E-state index is 12.0. The van der Waals surface area contributed by atoms with Gasteiger partial charge in [-0.2, -0.15) is 0 Å². The number of carbonyl (C=O) groups is 2. The van der Waals surface area contributed by atoms with E-state index in [-0.39, 0.29) is 18.4 Å². The summed E-state index contributed by atoms with van der Waals surface area (Å²) in [5, 5.41) is 5.72. The summed E-state index contributed by atoms with van der Waals surface area (Å²) in [5.74, 6) is 0.928. The number of methoxy groups -OCH3 is 1. The second kappa shape index (κ2) is 8.38. The van der Waals surface area contributed by atoms with Crippen LogP contribution in [0.25, 0.3) is 0 Å². The van der Waals surface area contributed by atoms with Crippen LogP contribution >= 0.6 is 0 Å². The Kier molecular flexibility index (Phi) is 5.73. The molecule has 3 rings (SSSR count). The number of benzene rings is 2. The highest BCUT2D eigenvalue weighted by Crippen LogP contribution is 2.20. The third-order valence-corrected chi connectivity index (χ3v) is 4.03. The van der Waals surface area contributed by atoms with E-state index in [9.17, 15) is 9.59 Å². The van der Waals surface area contributed by atoms with Crippen molar-refractivity contribution in [2.24, 2.45) is 0 Å². The van der Waals surface area contributed by atoms with Gasteiger partial charge in [0.25, 0.3) is 11.8 Å². The van der Waals surface area contributed by atoms with E-state index < -0.39 is 0 Å². The largest absolute Gasteiger partial charge is 0.497 e. The molecule has 0 heterocycles. The molecule has 0 radical (unpaired) electrons. The highest BCUT2D eigenvalue weighted by molar-refractivity contribution is 5.95. The minimum Gasteiger partial charge on any atom is -0.497 e. The predicted molar refractivity (Wildman–Crippen MR) is 97.3 cm³/mol. The Labute approximate surface area is 152 Å². The van der Waals surface area contributed by atoms with Gasteiger partial charge in [-0.05, 0) is 48.7 Å². The van der Waals surface area contributed by atoms with Gasteiger partial charge in [-0.1, -0.05) is 18.2 Å². The van der Waals surface area contributed by atoms with Gasteiger partial charge < -0.3 is 20.1 Å². The quantitative estimate of drug-likeness (QED) is 0.763. The summed E-state index contributed by atoms with van der Waals surface area (Å²) in [6, 6.07) is 14.6. The molecule has 0 unspecified atom stereocenters. The number of rotatable bonds is 8. The topological polar surface area (TPSA) is 76.7 Å². The van der Waals surface area contributed by atoms with Gasteiger partial charge in [-0.15, -0.1) is 0 Å². The van der Waals surface area contributed by atoms with Crippen LogP contribution in [0.15, 0.2) is 48.5 Å². The number of hydrogen-bond acceptors (Lipinski definition) is 4. The van der Waals surface area contributed by atoms with Gasteiger partial charge in [0.05, 0.1) is 7.11 Å². The van der Waals surface area contributed by atoms with E-state index in [1.54, 1.807) is 31.4 Å². The molecule has 1 saturated carbocycles. The van der Waals surface area contributed by atoms with Crippen LogP contribution in [-0.4, -0.2) is 31.6 Å². The zero-order chi connectivity index (χ0) is 18.4. The zero-order valence-corrected chi connectivity index (χ0v) is 14.7. The number of carbonyl (C=O) groups excluding carboxylic acids is 2. The Balaban J connectivity index is 1.45. The first kappa shape index (κ1) is 17.8. The molecule has 26 heavy (non-hydrogen) atoms. The Bertz CT molecular complexity index is 770. The van der Waals surface area contributed by atoms with Gasteiger partial charge >= 0.3 is 0 Å². The lowest BCUT2D eigenvalue weighted by Gasteiger charge is -2.09. The summed E-state index contributed by atoms with van der Waals surface area (Å²) in [6.07, 6.45) is 2.08. The number of nitrogens with one attached hydrogen (secondary N) is 2. The fourth-order valence-corrected chi connectivity index (χ4v) is 2.37. The monoisotopic (exact) mass is 354 g/mol. The van der Waals surface area contributed by atoms with Crippen molar-refractivity contribution < 1.29 is 19.1 Å². The van der Waals surface area contributed by atoms with Crippen molar-refractivity contribution in [3.63, 3.8) is 0 Å². The summed E-state index contributed by atoms with van der Waals surface area (Å²) < 4.78 is 10.6. The van der Waals surface area contributed by atoms with Crippen LogP contribution in [0.2, 0.25) is 0 Å². The van der Waals surface area contributed by atoms with E-state index in [2.05, 4.69) is 10.6 Å². The fourth-order valence-electron chi connectivity index (χ4n) is 2.37. The lowest BCUT2D eigenvalue weighted by Crippen LogP contribution is -2.28. The first-order chi connectivity index (χ1) is 12.6. The van der Waals surface area contributed by atoms with E-state index in [1.807, 2.05) is 24.3 Å². The van der Waals surface area contributed by atoms with E-state index >= 15 is 0 Å². The Morgan fingerprint density at radius 1 is 1.08 bits per heavy atom. The Hall–Kier alpha value is -3.02. The molecule has 6 nitrogen and oxygen atoms in total. The van der Waals surface area contributed by atoms with Crippen LogP contribution < -0.4 is 20.1 Å². The molecule has 0 saturated heterocycles. The van der Waals surface area contributed by atoms with E-state index in [1.165, 1.54) is 0 Å². The number of amides is 2. The SMILES string of the molecule is COc1ccc(CNC(=O)COc2cccc(C(=O)NC3CC3)c2)cc1. The highest BCUT2D eigenvalue weighted by atomic mass is 16.5. The van der Waals surface area contributed by atoms with Crippen LogP contribution in [0.1, 0.15) is 28.8 Å². The molecular formula is C20H22N2O4. The lowest BCUT2D eigenvalue weighted by molar-refractivity contribution is -0.123. The van der Waals surface area contributed by atoms with Gasteiger partial charge in [0.15, 0.2) is 6.61 Å². The van der Waals surface area contributed by atoms with Crippen molar-refractivity contribution in [2.75, 3.05) is 13.7 Å². The van der Waals surface area contributed by atoms with E-state index in [0.717, 1.165) is 24.2 Å². The third-order valence-electron chi connectivity index (χ3n) is 4.03. The van der Waals surface area contributed by atoms with Crippen LogP contribution in [0.5, 0.6) is 11.5 Å². The summed E-state index contributed by atoms with van der Waals surface area (Å²) in [4.78, 5) is 24.0. The average Bonchev–Trinajstić information content (AvgIpc) is 3.49. The van der Waals surface area contributed by atoms with E-state index in [0.29, 0.717) is 23.9 Å². The molecule has 2 amide bonds. The van der Waals surface area contributed by atoms with Gasteiger partial charge in [0, 0.05) is 18.2 Å². The average molecular weight is 354 g/mol. The van der Waals surface area contributed by atoms with Crippen molar-refractivity contribution >= 4 is 11.8 Å². The number of hydrogen-bond donors (Lipinski definition) is 2. The molecule has 0 spiro atoms.